The van der Waals surface area contributed by atoms with Crippen LogP contribution in [0.15, 0.2) is 65.9 Å². The van der Waals surface area contributed by atoms with Crippen molar-refractivity contribution in [2.45, 2.75) is 45.1 Å². The first-order valence-electron chi connectivity index (χ1n) is 10.5. The molecule has 3 aromatic rings. The summed E-state index contributed by atoms with van der Waals surface area (Å²) in [6.07, 6.45) is 9.98. The molecule has 0 radical (unpaired) electrons. The predicted molar refractivity (Wildman–Crippen MR) is 127 cm³/mol. The van der Waals surface area contributed by atoms with Crippen molar-refractivity contribution >= 4 is 23.5 Å². The van der Waals surface area contributed by atoms with Crippen LogP contribution in [0.3, 0.4) is 0 Å². The van der Waals surface area contributed by atoms with Crippen LogP contribution in [-0.4, -0.2) is 27.1 Å². The quantitative estimate of drug-likeness (QED) is 0.349. The maximum atomic E-state index is 5.42. The molecule has 2 aromatic carbocycles. The van der Waals surface area contributed by atoms with Crippen molar-refractivity contribution in [2.24, 2.45) is 5.10 Å². The SMILES string of the molecule is Cc1ccc(-c2nn(-c3ccccc3)cc2C=NNC(=S)NC2CCCCC2)cc1. The molecule has 2 N–H and O–H groups in total. The van der Waals surface area contributed by atoms with Crippen LogP contribution < -0.4 is 10.7 Å². The molecule has 1 fully saturated rings. The Bertz CT molecular complexity index is 1000. The first kappa shape index (κ1) is 20.3. The van der Waals surface area contributed by atoms with E-state index in [1.807, 2.05) is 41.2 Å². The lowest BCUT2D eigenvalue weighted by Gasteiger charge is -2.23. The van der Waals surface area contributed by atoms with Gasteiger partial charge in [-0.15, -0.1) is 0 Å². The molecule has 0 aliphatic heterocycles. The average Bonchev–Trinajstić information content (AvgIpc) is 3.20. The highest BCUT2D eigenvalue weighted by Gasteiger charge is 2.14. The molecule has 0 bridgehead atoms. The van der Waals surface area contributed by atoms with Gasteiger partial charge in [-0.1, -0.05) is 67.3 Å². The van der Waals surface area contributed by atoms with Crippen LogP contribution in [0.25, 0.3) is 16.9 Å². The van der Waals surface area contributed by atoms with Gasteiger partial charge in [-0.25, -0.2) is 4.68 Å². The fourth-order valence-corrected chi connectivity index (χ4v) is 3.97. The van der Waals surface area contributed by atoms with E-state index in [9.17, 15) is 0 Å². The standard InChI is InChI=1S/C24H27N5S/c1-18-12-14-19(15-13-18)23-20(17-29(28-23)22-10-6-3-7-11-22)16-25-27-24(30)26-21-8-4-2-5-9-21/h3,6-7,10-17,21H,2,4-5,8-9H2,1H3,(H2,26,27,30). The molecular weight excluding hydrogens is 390 g/mol. The maximum Gasteiger partial charge on any atom is 0.187 e. The number of aryl methyl sites for hydroxylation is 1. The molecule has 0 atom stereocenters. The number of hydrogen-bond acceptors (Lipinski definition) is 3. The summed E-state index contributed by atoms with van der Waals surface area (Å²) in [6, 6.07) is 18.9. The summed E-state index contributed by atoms with van der Waals surface area (Å²) in [7, 11) is 0. The summed E-state index contributed by atoms with van der Waals surface area (Å²) in [5.74, 6) is 0. The predicted octanol–water partition coefficient (Wildman–Crippen LogP) is 4.98. The van der Waals surface area contributed by atoms with E-state index < -0.39 is 0 Å². The van der Waals surface area contributed by atoms with Crippen molar-refractivity contribution < 1.29 is 0 Å². The van der Waals surface area contributed by atoms with E-state index in [1.165, 1.54) is 37.7 Å². The third-order valence-electron chi connectivity index (χ3n) is 5.40. The third-order valence-corrected chi connectivity index (χ3v) is 5.61. The molecule has 0 spiro atoms. The molecule has 30 heavy (non-hydrogen) atoms. The number of nitrogens with zero attached hydrogens (tertiary/aromatic N) is 3. The topological polar surface area (TPSA) is 54.2 Å². The summed E-state index contributed by atoms with van der Waals surface area (Å²) >= 11 is 5.42. The fourth-order valence-electron chi connectivity index (χ4n) is 3.76. The Hall–Kier alpha value is -2.99. The Morgan fingerprint density at radius 2 is 1.80 bits per heavy atom. The highest BCUT2D eigenvalue weighted by Crippen LogP contribution is 2.23. The van der Waals surface area contributed by atoms with Crippen LogP contribution in [0.2, 0.25) is 0 Å². The maximum absolute atomic E-state index is 5.42. The van der Waals surface area contributed by atoms with Gasteiger partial charge in [0.15, 0.2) is 5.11 Å². The minimum Gasteiger partial charge on any atom is -0.359 e. The molecule has 1 aliphatic carbocycles. The minimum absolute atomic E-state index is 0.456. The summed E-state index contributed by atoms with van der Waals surface area (Å²) in [5, 5.41) is 13.2. The molecule has 154 valence electrons. The molecule has 4 rings (SSSR count). The molecule has 0 unspecified atom stereocenters. The Morgan fingerprint density at radius 1 is 1.07 bits per heavy atom. The number of hydrogen-bond donors (Lipinski definition) is 2. The largest absolute Gasteiger partial charge is 0.359 e. The second kappa shape index (κ2) is 9.67. The number of hydrazone groups is 1. The molecule has 0 amide bonds. The average molecular weight is 418 g/mol. The van der Waals surface area contributed by atoms with Crippen LogP contribution >= 0.6 is 12.2 Å². The summed E-state index contributed by atoms with van der Waals surface area (Å²) in [4.78, 5) is 0. The van der Waals surface area contributed by atoms with Crippen LogP contribution in [0, 0.1) is 6.92 Å². The van der Waals surface area contributed by atoms with E-state index in [-0.39, 0.29) is 0 Å². The molecule has 0 saturated heterocycles. The normalized spacial score (nSPS) is 14.7. The van der Waals surface area contributed by atoms with E-state index in [0.717, 1.165) is 22.5 Å². The van der Waals surface area contributed by atoms with Crippen LogP contribution in [0.1, 0.15) is 43.2 Å². The number of thiocarbonyl (C=S) groups is 1. The molecule has 1 aliphatic rings. The van der Waals surface area contributed by atoms with E-state index >= 15 is 0 Å². The Kier molecular flexibility index (Phi) is 6.54. The van der Waals surface area contributed by atoms with Crippen molar-refractivity contribution in [3.63, 3.8) is 0 Å². The number of nitrogens with one attached hydrogen (secondary N) is 2. The van der Waals surface area contributed by atoms with E-state index in [2.05, 4.69) is 47.0 Å². The zero-order chi connectivity index (χ0) is 20.8. The summed E-state index contributed by atoms with van der Waals surface area (Å²) < 4.78 is 1.88. The van der Waals surface area contributed by atoms with Gasteiger partial charge in [0.1, 0.15) is 5.69 Å². The Morgan fingerprint density at radius 3 is 2.53 bits per heavy atom. The van der Waals surface area contributed by atoms with Gasteiger partial charge in [0.05, 0.1) is 11.9 Å². The molecule has 1 aromatic heterocycles. The molecule has 6 heteroatoms. The monoisotopic (exact) mass is 417 g/mol. The van der Waals surface area contributed by atoms with Crippen LogP contribution in [0.4, 0.5) is 0 Å². The van der Waals surface area contributed by atoms with Gasteiger partial charge >= 0.3 is 0 Å². The lowest BCUT2D eigenvalue weighted by Crippen LogP contribution is -2.40. The zero-order valence-corrected chi connectivity index (χ0v) is 18.0. The second-order valence-corrected chi connectivity index (χ2v) is 8.17. The Labute approximate surface area is 183 Å². The fraction of sp³-hybridized carbons (Fsp3) is 0.292. The van der Waals surface area contributed by atoms with Gasteiger partial charge in [0, 0.05) is 23.4 Å². The third kappa shape index (κ3) is 5.13. The summed E-state index contributed by atoms with van der Waals surface area (Å²) in [6.45, 7) is 2.08. The van der Waals surface area contributed by atoms with Gasteiger partial charge in [-0.3, -0.25) is 5.43 Å². The molecular formula is C24H27N5S. The lowest BCUT2D eigenvalue weighted by atomic mass is 9.96. The molecule has 5 nitrogen and oxygen atoms in total. The van der Waals surface area contributed by atoms with Gasteiger partial charge in [-0.05, 0) is 44.1 Å². The molecule has 1 heterocycles. The highest BCUT2D eigenvalue weighted by atomic mass is 32.1. The lowest BCUT2D eigenvalue weighted by molar-refractivity contribution is 0.412. The van der Waals surface area contributed by atoms with E-state index in [0.29, 0.717) is 11.2 Å². The van der Waals surface area contributed by atoms with Crippen molar-refractivity contribution in [1.82, 2.24) is 20.5 Å². The van der Waals surface area contributed by atoms with E-state index in [4.69, 9.17) is 17.3 Å². The Balaban J connectivity index is 1.53. The van der Waals surface area contributed by atoms with Crippen molar-refractivity contribution in [3.8, 4) is 16.9 Å². The smallest absolute Gasteiger partial charge is 0.187 e. The van der Waals surface area contributed by atoms with Crippen molar-refractivity contribution in [3.05, 3.63) is 71.9 Å². The minimum atomic E-state index is 0.456. The van der Waals surface area contributed by atoms with Gasteiger partial charge in [0.2, 0.25) is 0 Å². The van der Waals surface area contributed by atoms with Gasteiger partial charge in [-0.2, -0.15) is 10.2 Å². The first-order chi connectivity index (χ1) is 14.7. The van der Waals surface area contributed by atoms with Crippen molar-refractivity contribution in [1.29, 1.82) is 0 Å². The summed E-state index contributed by atoms with van der Waals surface area (Å²) in [5.41, 5.74) is 8.06. The highest BCUT2D eigenvalue weighted by molar-refractivity contribution is 7.80. The zero-order valence-electron chi connectivity index (χ0n) is 17.2. The van der Waals surface area contributed by atoms with E-state index in [1.54, 1.807) is 6.21 Å². The number of aromatic nitrogens is 2. The first-order valence-corrected chi connectivity index (χ1v) is 10.9. The van der Waals surface area contributed by atoms with Crippen molar-refractivity contribution in [2.75, 3.05) is 0 Å². The number of benzene rings is 2. The van der Waals surface area contributed by atoms with Gasteiger partial charge in [0.25, 0.3) is 0 Å². The van der Waals surface area contributed by atoms with Crippen LogP contribution in [-0.2, 0) is 0 Å². The van der Waals surface area contributed by atoms with Gasteiger partial charge < -0.3 is 5.32 Å². The number of rotatable bonds is 5. The second-order valence-electron chi connectivity index (χ2n) is 7.76. The number of para-hydroxylation sites is 1. The molecule has 1 saturated carbocycles. The van der Waals surface area contributed by atoms with Crippen LogP contribution in [0.5, 0.6) is 0 Å².